The number of nitrogens with zero attached hydrogens (tertiary/aromatic N) is 2. The zero-order valence-corrected chi connectivity index (χ0v) is 15.7. The molecule has 1 aromatic rings. The second kappa shape index (κ2) is 7.93. The van der Waals surface area contributed by atoms with Gasteiger partial charge in [0, 0.05) is 30.4 Å². The van der Waals surface area contributed by atoms with Gasteiger partial charge in [-0.3, -0.25) is 4.79 Å². The molecule has 24 heavy (non-hydrogen) atoms. The summed E-state index contributed by atoms with van der Waals surface area (Å²) >= 11 is 1.61. The van der Waals surface area contributed by atoms with Gasteiger partial charge < -0.3 is 15.5 Å². The normalized spacial score (nSPS) is 28.6. The maximum Gasteiger partial charge on any atom is 0.228 e. The molecule has 0 spiro atoms. The maximum absolute atomic E-state index is 13.1. The predicted octanol–water partition coefficient (Wildman–Crippen LogP) is 2.04. The van der Waals surface area contributed by atoms with E-state index in [1.54, 1.807) is 11.3 Å². The highest BCUT2D eigenvalue weighted by Crippen LogP contribution is 2.45. The quantitative estimate of drug-likeness (QED) is 0.669. The summed E-state index contributed by atoms with van der Waals surface area (Å²) in [5, 5.41) is 8.97. The Bertz CT molecular complexity index is 531. The van der Waals surface area contributed by atoms with Crippen LogP contribution in [0.15, 0.2) is 10.9 Å². The molecule has 2 fully saturated rings. The average molecular weight is 351 g/mol. The largest absolute Gasteiger partial charge is 0.356 e. The Morgan fingerprint density at radius 3 is 2.88 bits per heavy atom. The fourth-order valence-corrected chi connectivity index (χ4v) is 4.95. The molecule has 5 nitrogen and oxygen atoms in total. The summed E-state index contributed by atoms with van der Waals surface area (Å²) in [6, 6.07) is 0.821. The molecule has 3 atom stereocenters. The third kappa shape index (κ3) is 3.65. The number of carbonyl (C=O) groups excluding carboxylic acids is 1. The van der Waals surface area contributed by atoms with Crippen molar-refractivity contribution >= 4 is 17.2 Å². The molecule has 134 valence electrons. The van der Waals surface area contributed by atoms with E-state index in [9.17, 15) is 4.79 Å². The van der Waals surface area contributed by atoms with Crippen molar-refractivity contribution in [3.63, 3.8) is 0 Å². The molecule has 0 saturated carbocycles. The fraction of sp³-hybridized carbons (Fsp3) is 0.778. The SMILES string of the molecule is CCN(CC)CCCNC(=O)[C@]1(Cc2cscn2)C[C@@H]2CC[C@H]1N2. The first-order valence-corrected chi connectivity index (χ1v) is 10.3. The van der Waals surface area contributed by atoms with Crippen LogP contribution in [0.2, 0.25) is 0 Å². The molecule has 0 aromatic carbocycles. The van der Waals surface area contributed by atoms with Crippen LogP contribution in [0.5, 0.6) is 0 Å². The van der Waals surface area contributed by atoms with E-state index in [-0.39, 0.29) is 11.3 Å². The van der Waals surface area contributed by atoms with Gasteiger partial charge in [0.25, 0.3) is 0 Å². The second-order valence-electron chi connectivity index (χ2n) is 7.15. The van der Waals surface area contributed by atoms with E-state index >= 15 is 0 Å². The monoisotopic (exact) mass is 350 g/mol. The summed E-state index contributed by atoms with van der Waals surface area (Å²) in [6.45, 7) is 8.34. The maximum atomic E-state index is 13.1. The van der Waals surface area contributed by atoms with Crippen molar-refractivity contribution in [3.05, 3.63) is 16.6 Å². The number of carbonyl (C=O) groups is 1. The average Bonchev–Trinajstić information content (AvgIpc) is 3.32. The molecule has 6 heteroatoms. The van der Waals surface area contributed by atoms with Crippen LogP contribution in [0.25, 0.3) is 0 Å². The van der Waals surface area contributed by atoms with Crippen molar-refractivity contribution in [2.45, 2.75) is 58.0 Å². The van der Waals surface area contributed by atoms with Gasteiger partial charge in [-0.2, -0.15) is 0 Å². The van der Waals surface area contributed by atoms with Crippen LogP contribution in [-0.4, -0.2) is 54.1 Å². The molecular formula is C18H30N4OS. The molecule has 0 unspecified atom stereocenters. The summed E-state index contributed by atoms with van der Waals surface area (Å²) < 4.78 is 0. The lowest BCUT2D eigenvalue weighted by atomic mass is 9.70. The minimum Gasteiger partial charge on any atom is -0.356 e. The molecule has 3 rings (SSSR count). The summed E-state index contributed by atoms with van der Waals surface area (Å²) in [5.74, 6) is 0.231. The molecule has 2 bridgehead atoms. The van der Waals surface area contributed by atoms with Crippen molar-refractivity contribution < 1.29 is 4.79 Å². The number of amides is 1. The van der Waals surface area contributed by atoms with Crippen molar-refractivity contribution in [2.24, 2.45) is 5.41 Å². The van der Waals surface area contributed by atoms with E-state index in [0.29, 0.717) is 12.1 Å². The highest BCUT2D eigenvalue weighted by molar-refractivity contribution is 7.07. The summed E-state index contributed by atoms with van der Waals surface area (Å²) in [4.78, 5) is 19.9. The summed E-state index contributed by atoms with van der Waals surface area (Å²) in [7, 11) is 0. The smallest absolute Gasteiger partial charge is 0.228 e. The summed E-state index contributed by atoms with van der Waals surface area (Å²) in [5.41, 5.74) is 2.63. The highest BCUT2D eigenvalue weighted by atomic mass is 32.1. The third-order valence-electron chi connectivity index (χ3n) is 5.78. The molecule has 0 aliphatic carbocycles. The van der Waals surface area contributed by atoms with Crippen LogP contribution in [0, 0.1) is 5.41 Å². The molecule has 2 N–H and O–H groups in total. The number of rotatable bonds is 9. The number of fused-ring (bicyclic) bond motifs is 2. The van der Waals surface area contributed by atoms with Crippen molar-refractivity contribution in [1.29, 1.82) is 0 Å². The first-order chi connectivity index (χ1) is 11.7. The molecule has 2 aliphatic rings. The first kappa shape index (κ1) is 17.8. The molecule has 2 aliphatic heterocycles. The van der Waals surface area contributed by atoms with E-state index in [2.05, 4.69) is 39.7 Å². The molecular weight excluding hydrogens is 320 g/mol. The van der Waals surface area contributed by atoms with E-state index in [4.69, 9.17) is 0 Å². The Morgan fingerprint density at radius 2 is 2.29 bits per heavy atom. The van der Waals surface area contributed by atoms with Crippen LogP contribution in [0.3, 0.4) is 0 Å². The zero-order chi connectivity index (χ0) is 17.0. The summed E-state index contributed by atoms with van der Waals surface area (Å²) in [6.07, 6.45) is 5.06. The van der Waals surface area contributed by atoms with Gasteiger partial charge in [0.15, 0.2) is 0 Å². The van der Waals surface area contributed by atoms with Gasteiger partial charge >= 0.3 is 0 Å². The van der Waals surface area contributed by atoms with Crippen LogP contribution >= 0.6 is 11.3 Å². The van der Waals surface area contributed by atoms with Crippen LogP contribution in [0.4, 0.5) is 0 Å². The molecule has 3 heterocycles. The standard InChI is InChI=1S/C18H30N4OS/c1-3-22(4-2)9-5-8-19-17(23)18(11-15-12-24-13-20-15)10-14-6-7-16(18)21-14/h12-14,16,21H,3-11H2,1-2H3,(H,19,23)/t14-,16+,18-/m0/s1. The predicted molar refractivity (Wildman–Crippen MR) is 98.2 cm³/mol. The van der Waals surface area contributed by atoms with Crippen molar-refractivity contribution in [1.82, 2.24) is 20.5 Å². The zero-order valence-electron chi connectivity index (χ0n) is 14.9. The topological polar surface area (TPSA) is 57.3 Å². The lowest BCUT2D eigenvalue weighted by molar-refractivity contribution is -0.132. The van der Waals surface area contributed by atoms with Crippen molar-refractivity contribution in [3.8, 4) is 0 Å². The molecule has 2 saturated heterocycles. The minimum absolute atomic E-state index is 0.231. The lowest BCUT2D eigenvalue weighted by Crippen LogP contribution is -2.50. The van der Waals surface area contributed by atoms with Crippen LogP contribution in [0.1, 0.15) is 45.2 Å². The van der Waals surface area contributed by atoms with Crippen molar-refractivity contribution in [2.75, 3.05) is 26.2 Å². The third-order valence-corrected chi connectivity index (χ3v) is 6.42. The molecule has 1 aromatic heterocycles. The first-order valence-electron chi connectivity index (χ1n) is 9.31. The van der Waals surface area contributed by atoms with Gasteiger partial charge in [-0.25, -0.2) is 4.98 Å². The van der Waals surface area contributed by atoms with Gasteiger partial charge in [0.1, 0.15) is 0 Å². The van der Waals surface area contributed by atoms with Crippen LogP contribution in [-0.2, 0) is 11.2 Å². The van der Waals surface area contributed by atoms with Crippen LogP contribution < -0.4 is 10.6 Å². The lowest BCUT2D eigenvalue weighted by Gasteiger charge is -2.34. The molecule has 0 radical (unpaired) electrons. The second-order valence-corrected chi connectivity index (χ2v) is 7.87. The number of aromatic nitrogens is 1. The number of hydrogen-bond acceptors (Lipinski definition) is 5. The number of nitrogens with one attached hydrogen (secondary N) is 2. The van der Waals surface area contributed by atoms with Gasteiger partial charge in [0.2, 0.25) is 5.91 Å². The Morgan fingerprint density at radius 1 is 1.46 bits per heavy atom. The van der Waals surface area contributed by atoms with Gasteiger partial charge in [0.05, 0.1) is 16.6 Å². The number of thiazole rings is 1. The minimum atomic E-state index is -0.299. The number of hydrogen-bond donors (Lipinski definition) is 2. The van der Waals surface area contributed by atoms with E-state index in [1.807, 2.05) is 5.51 Å². The Kier molecular flexibility index (Phi) is 5.89. The van der Waals surface area contributed by atoms with E-state index in [1.165, 1.54) is 6.42 Å². The Balaban J connectivity index is 1.58. The highest BCUT2D eigenvalue weighted by Gasteiger charge is 2.55. The Labute approximate surface area is 149 Å². The Hall–Kier alpha value is -0.980. The van der Waals surface area contributed by atoms with Gasteiger partial charge in [-0.1, -0.05) is 13.8 Å². The fourth-order valence-electron chi connectivity index (χ4n) is 4.39. The van der Waals surface area contributed by atoms with Gasteiger partial charge in [-0.15, -0.1) is 11.3 Å². The van der Waals surface area contributed by atoms with E-state index < -0.39 is 0 Å². The van der Waals surface area contributed by atoms with Gasteiger partial charge in [-0.05, 0) is 45.3 Å². The van der Waals surface area contributed by atoms with E-state index in [0.717, 1.165) is 57.6 Å². The molecule has 1 amide bonds.